The van der Waals surface area contributed by atoms with Crippen LogP contribution in [-0.4, -0.2) is 42.0 Å². The van der Waals surface area contributed by atoms with Gasteiger partial charge in [0.25, 0.3) is 5.91 Å². The first-order valence-electron chi connectivity index (χ1n) is 7.50. The molecule has 3 amide bonds. The molecule has 1 aliphatic heterocycles. The third kappa shape index (κ3) is 3.19. The summed E-state index contributed by atoms with van der Waals surface area (Å²) < 4.78 is 0. The molecular weight excluding hydrogens is 302 g/mol. The number of urea groups is 1. The number of carbonyl (C=O) groups is 2. The van der Waals surface area contributed by atoms with Crippen LogP contribution >= 0.6 is 11.6 Å². The molecule has 1 N–H and O–H groups in total. The molecular formula is C16H22ClN3O2. The average Bonchev–Trinajstić information content (AvgIpc) is 2.84. The third-order valence-corrected chi connectivity index (χ3v) is 4.03. The zero-order chi connectivity index (χ0) is 16.4. The lowest BCUT2D eigenvalue weighted by Gasteiger charge is -2.31. The molecule has 1 saturated heterocycles. The standard InChI is InChI=1S/C16H22ClN3O2/c1-10(2)20(11(3)4)15(21)13-9-12(5-6-14(13)17)19-8-7-18-16(19)22/h5-6,9-11H,7-8H2,1-4H3,(H,18,22). The fourth-order valence-electron chi connectivity index (χ4n) is 2.77. The highest BCUT2D eigenvalue weighted by Crippen LogP contribution is 2.26. The van der Waals surface area contributed by atoms with Gasteiger partial charge in [0, 0.05) is 30.9 Å². The summed E-state index contributed by atoms with van der Waals surface area (Å²) in [7, 11) is 0. The van der Waals surface area contributed by atoms with E-state index < -0.39 is 0 Å². The van der Waals surface area contributed by atoms with Crippen molar-refractivity contribution in [3.05, 3.63) is 28.8 Å². The Morgan fingerprint density at radius 1 is 1.27 bits per heavy atom. The SMILES string of the molecule is CC(C)N(C(=O)c1cc(N2CCNC2=O)ccc1Cl)C(C)C. The number of nitrogens with one attached hydrogen (secondary N) is 1. The summed E-state index contributed by atoms with van der Waals surface area (Å²) in [6.45, 7) is 9.10. The molecule has 0 spiro atoms. The lowest BCUT2D eigenvalue weighted by molar-refractivity contribution is 0.0644. The zero-order valence-corrected chi connectivity index (χ0v) is 14.1. The van der Waals surface area contributed by atoms with Crippen molar-refractivity contribution >= 4 is 29.2 Å². The quantitative estimate of drug-likeness (QED) is 0.925. The van der Waals surface area contributed by atoms with E-state index in [9.17, 15) is 9.59 Å². The Bertz CT molecular complexity index is 579. The third-order valence-electron chi connectivity index (χ3n) is 3.70. The van der Waals surface area contributed by atoms with Crippen molar-refractivity contribution in [3.8, 4) is 0 Å². The Morgan fingerprint density at radius 2 is 1.91 bits per heavy atom. The van der Waals surface area contributed by atoms with Crippen molar-refractivity contribution in [2.45, 2.75) is 39.8 Å². The number of anilines is 1. The Labute approximate surface area is 136 Å². The molecule has 0 saturated carbocycles. The maximum Gasteiger partial charge on any atom is 0.321 e. The second-order valence-electron chi connectivity index (χ2n) is 5.95. The minimum Gasteiger partial charge on any atom is -0.336 e. The summed E-state index contributed by atoms with van der Waals surface area (Å²) in [6, 6.07) is 5.14. The van der Waals surface area contributed by atoms with Crippen LogP contribution in [0, 0.1) is 0 Å². The minimum atomic E-state index is -0.148. The topological polar surface area (TPSA) is 52.7 Å². The summed E-state index contributed by atoms with van der Waals surface area (Å²) in [6.07, 6.45) is 0. The van der Waals surface area contributed by atoms with Crippen molar-refractivity contribution < 1.29 is 9.59 Å². The van der Waals surface area contributed by atoms with Crippen LogP contribution in [-0.2, 0) is 0 Å². The second kappa shape index (κ2) is 6.57. The Balaban J connectivity index is 2.37. The van der Waals surface area contributed by atoms with E-state index in [1.807, 2.05) is 27.7 Å². The molecule has 6 heteroatoms. The number of amides is 3. The number of hydrogen-bond acceptors (Lipinski definition) is 2. The molecule has 120 valence electrons. The number of halogens is 1. The first-order valence-corrected chi connectivity index (χ1v) is 7.88. The van der Waals surface area contributed by atoms with Gasteiger partial charge in [-0.2, -0.15) is 0 Å². The van der Waals surface area contributed by atoms with Crippen molar-refractivity contribution in [1.82, 2.24) is 10.2 Å². The molecule has 5 nitrogen and oxygen atoms in total. The van der Waals surface area contributed by atoms with Gasteiger partial charge in [-0.3, -0.25) is 9.69 Å². The summed E-state index contributed by atoms with van der Waals surface area (Å²) in [5, 5.41) is 3.15. The van der Waals surface area contributed by atoms with Gasteiger partial charge in [0.1, 0.15) is 0 Å². The maximum absolute atomic E-state index is 12.8. The Hall–Kier alpha value is -1.75. The monoisotopic (exact) mass is 323 g/mol. The normalized spacial score (nSPS) is 14.7. The van der Waals surface area contributed by atoms with Gasteiger partial charge in [0.15, 0.2) is 0 Å². The summed E-state index contributed by atoms with van der Waals surface area (Å²) in [5.74, 6) is -0.114. The van der Waals surface area contributed by atoms with Gasteiger partial charge >= 0.3 is 6.03 Å². The zero-order valence-electron chi connectivity index (χ0n) is 13.4. The van der Waals surface area contributed by atoms with Gasteiger partial charge in [0.2, 0.25) is 0 Å². The van der Waals surface area contributed by atoms with Gasteiger partial charge in [0.05, 0.1) is 10.6 Å². The van der Waals surface area contributed by atoms with E-state index in [-0.39, 0.29) is 24.0 Å². The number of hydrogen-bond donors (Lipinski definition) is 1. The number of benzene rings is 1. The summed E-state index contributed by atoms with van der Waals surface area (Å²) in [4.78, 5) is 28.0. The minimum absolute atomic E-state index is 0.0716. The van der Waals surface area contributed by atoms with Gasteiger partial charge in [-0.05, 0) is 45.9 Å². The summed E-state index contributed by atoms with van der Waals surface area (Å²) in [5.41, 5.74) is 1.12. The van der Waals surface area contributed by atoms with Crippen molar-refractivity contribution in [1.29, 1.82) is 0 Å². The van der Waals surface area contributed by atoms with Gasteiger partial charge in [-0.15, -0.1) is 0 Å². The van der Waals surface area contributed by atoms with E-state index in [2.05, 4.69) is 5.32 Å². The van der Waals surface area contributed by atoms with Crippen LogP contribution in [0.3, 0.4) is 0 Å². The molecule has 2 rings (SSSR count). The predicted octanol–water partition coefficient (Wildman–Crippen LogP) is 3.13. The van der Waals surface area contributed by atoms with Gasteiger partial charge in [-0.25, -0.2) is 4.79 Å². The van der Waals surface area contributed by atoms with Gasteiger partial charge < -0.3 is 10.2 Å². The molecule has 1 fully saturated rings. The Morgan fingerprint density at radius 3 is 2.41 bits per heavy atom. The molecule has 0 aliphatic carbocycles. The van der Waals surface area contributed by atoms with Crippen LogP contribution in [0.25, 0.3) is 0 Å². The molecule has 0 aromatic heterocycles. The first kappa shape index (κ1) is 16.6. The molecule has 0 bridgehead atoms. The molecule has 22 heavy (non-hydrogen) atoms. The predicted molar refractivity (Wildman–Crippen MR) is 88.6 cm³/mol. The number of nitrogens with zero attached hydrogens (tertiary/aromatic N) is 2. The summed E-state index contributed by atoms with van der Waals surface area (Å²) >= 11 is 6.22. The molecule has 1 aromatic carbocycles. The molecule has 1 heterocycles. The second-order valence-corrected chi connectivity index (χ2v) is 6.35. The van der Waals surface area contributed by atoms with Crippen LogP contribution in [0.4, 0.5) is 10.5 Å². The smallest absolute Gasteiger partial charge is 0.321 e. The molecule has 1 aromatic rings. The van der Waals surface area contributed by atoms with E-state index in [0.717, 1.165) is 0 Å². The Kier molecular flexibility index (Phi) is 4.96. The highest BCUT2D eigenvalue weighted by atomic mass is 35.5. The number of rotatable bonds is 4. The average molecular weight is 324 g/mol. The van der Waals surface area contributed by atoms with Crippen LogP contribution in [0.5, 0.6) is 0 Å². The highest BCUT2D eigenvalue weighted by molar-refractivity contribution is 6.34. The van der Waals surface area contributed by atoms with E-state index in [4.69, 9.17) is 11.6 Å². The van der Waals surface area contributed by atoms with E-state index >= 15 is 0 Å². The van der Waals surface area contributed by atoms with Gasteiger partial charge in [-0.1, -0.05) is 11.6 Å². The van der Waals surface area contributed by atoms with E-state index in [0.29, 0.717) is 29.4 Å². The fraction of sp³-hybridized carbons (Fsp3) is 0.500. The van der Waals surface area contributed by atoms with E-state index in [1.165, 1.54) is 0 Å². The lowest BCUT2D eigenvalue weighted by atomic mass is 10.1. The van der Waals surface area contributed by atoms with Crippen LogP contribution in [0.15, 0.2) is 18.2 Å². The number of carbonyl (C=O) groups excluding carboxylic acids is 2. The van der Waals surface area contributed by atoms with Crippen molar-refractivity contribution in [2.75, 3.05) is 18.0 Å². The largest absolute Gasteiger partial charge is 0.336 e. The molecule has 0 atom stereocenters. The highest BCUT2D eigenvalue weighted by Gasteiger charge is 2.26. The molecule has 0 unspecified atom stereocenters. The van der Waals surface area contributed by atoms with Crippen LogP contribution in [0.1, 0.15) is 38.1 Å². The van der Waals surface area contributed by atoms with Crippen molar-refractivity contribution in [2.24, 2.45) is 0 Å². The van der Waals surface area contributed by atoms with Crippen LogP contribution in [0.2, 0.25) is 5.02 Å². The van der Waals surface area contributed by atoms with E-state index in [1.54, 1.807) is 28.0 Å². The first-order chi connectivity index (χ1) is 10.3. The van der Waals surface area contributed by atoms with Crippen molar-refractivity contribution in [3.63, 3.8) is 0 Å². The molecule has 1 aliphatic rings. The maximum atomic E-state index is 12.8. The lowest BCUT2D eigenvalue weighted by Crippen LogP contribution is -2.42. The molecule has 0 radical (unpaired) electrons. The van der Waals surface area contributed by atoms with Crippen LogP contribution < -0.4 is 10.2 Å². The fourth-order valence-corrected chi connectivity index (χ4v) is 2.97.